The third-order valence-electron chi connectivity index (χ3n) is 2.91. The van der Waals surface area contributed by atoms with Crippen LogP contribution in [0.4, 0.5) is 8.78 Å². The quantitative estimate of drug-likeness (QED) is 0.623. The Morgan fingerprint density at radius 2 is 1.73 bits per heavy atom. The van der Waals surface area contributed by atoms with Crippen molar-refractivity contribution >= 4 is 23.4 Å². The maximum atomic E-state index is 13.5. The molecular formula is C16H11ClF2O3. The molecule has 114 valence electrons. The zero-order valence-electron chi connectivity index (χ0n) is 11.3. The van der Waals surface area contributed by atoms with Crippen LogP contribution in [-0.4, -0.2) is 18.4 Å². The maximum Gasteiger partial charge on any atom is 0.310 e. The lowest BCUT2D eigenvalue weighted by molar-refractivity contribution is -0.141. The molecule has 2 aromatic carbocycles. The Hall–Kier alpha value is -2.27. The number of hydrogen-bond acceptors (Lipinski definition) is 3. The zero-order chi connectivity index (χ0) is 16.1. The molecule has 22 heavy (non-hydrogen) atoms. The van der Waals surface area contributed by atoms with Gasteiger partial charge in [0.2, 0.25) is 0 Å². The van der Waals surface area contributed by atoms with Crippen LogP contribution < -0.4 is 0 Å². The lowest BCUT2D eigenvalue weighted by Gasteiger charge is -2.07. The van der Waals surface area contributed by atoms with Gasteiger partial charge in [-0.15, -0.1) is 0 Å². The molecule has 0 aromatic heterocycles. The topological polar surface area (TPSA) is 43.4 Å². The van der Waals surface area contributed by atoms with Gasteiger partial charge in [0.25, 0.3) is 0 Å². The summed E-state index contributed by atoms with van der Waals surface area (Å²) in [6, 6.07) is 8.90. The fourth-order valence-corrected chi connectivity index (χ4v) is 1.99. The number of hydrogen-bond donors (Lipinski definition) is 0. The Balaban J connectivity index is 1.93. The number of benzene rings is 2. The van der Waals surface area contributed by atoms with Crippen LogP contribution in [0.2, 0.25) is 5.02 Å². The zero-order valence-corrected chi connectivity index (χ0v) is 12.1. The van der Waals surface area contributed by atoms with E-state index < -0.39 is 30.0 Å². The molecule has 0 aliphatic carbocycles. The van der Waals surface area contributed by atoms with Gasteiger partial charge in [-0.2, -0.15) is 0 Å². The second-order valence-corrected chi connectivity index (χ2v) is 4.87. The van der Waals surface area contributed by atoms with Crippen molar-refractivity contribution in [2.45, 2.75) is 6.42 Å². The molecular weight excluding hydrogens is 314 g/mol. The summed E-state index contributed by atoms with van der Waals surface area (Å²) in [6.07, 6.45) is -0.373. The number of ketones is 1. The summed E-state index contributed by atoms with van der Waals surface area (Å²) in [5, 5.41) is 0.113. The molecule has 0 aliphatic rings. The van der Waals surface area contributed by atoms with E-state index in [9.17, 15) is 18.4 Å². The Labute approximate surface area is 130 Å². The lowest BCUT2D eigenvalue weighted by atomic mass is 10.1. The molecule has 0 radical (unpaired) electrons. The first-order valence-corrected chi connectivity index (χ1v) is 6.72. The average molecular weight is 325 g/mol. The first-order chi connectivity index (χ1) is 10.5. The van der Waals surface area contributed by atoms with Crippen molar-refractivity contribution in [3.05, 3.63) is 70.2 Å². The van der Waals surface area contributed by atoms with Crippen LogP contribution in [0, 0.1) is 11.6 Å². The Kier molecular flexibility index (Phi) is 5.22. The fraction of sp³-hybridized carbons (Fsp3) is 0.125. The van der Waals surface area contributed by atoms with E-state index in [4.69, 9.17) is 16.3 Å². The minimum atomic E-state index is -0.775. The predicted molar refractivity (Wildman–Crippen MR) is 76.8 cm³/mol. The molecule has 0 bridgehead atoms. The number of carbonyl (C=O) groups excluding carboxylic acids is 2. The standard InChI is InChI=1S/C16H11ClF2O3/c17-13-2-1-3-14(19)12(13)8-16(21)22-9-15(20)10-4-6-11(18)7-5-10/h1-7H,8-9H2. The molecule has 0 atom stereocenters. The summed E-state index contributed by atoms with van der Waals surface area (Å²) in [4.78, 5) is 23.4. The van der Waals surface area contributed by atoms with Crippen molar-refractivity contribution in [1.29, 1.82) is 0 Å². The van der Waals surface area contributed by atoms with Crippen LogP contribution >= 0.6 is 11.6 Å². The normalized spacial score (nSPS) is 10.3. The summed E-state index contributed by atoms with van der Waals surface area (Å²) in [7, 11) is 0. The molecule has 0 saturated carbocycles. The summed E-state index contributed by atoms with van der Waals surface area (Å²) in [5.41, 5.74) is 0.238. The van der Waals surface area contributed by atoms with Crippen molar-refractivity contribution < 1.29 is 23.1 Å². The van der Waals surface area contributed by atoms with Gasteiger partial charge >= 0.3 is 5.97 Å². The van der Waals surface area contributed by atoms with Crippen LogP contribution in [0.1, 0.15) is 15.9 Å². The highest BCUT2D eigenvalue weighted by atomic mass is 35.5. The minimum absolute atomic E-state index is 0.0170. The van der Waals surface area contributed by atoms with E-state index in [0.717, 1.165) is 12.1 Å². The lowest BCUT2D eigenvalue weighted by Crippen LogP contribution is -2.16. The number of ether oxygens (including phenoxy) is 1. The van der Waals surface area contributed by atoms with E-state index in [-0.39, 0.29) is 22.6 Å². The number of Topliss-reactive ketones (excluding diaryl/α,β-unsaturated/α-hetero) is 1. The van der Waals surface area contributed by atoms with Gasteiger partial charge in [0, 0.05) is 16.1 Å². The van der Waals surface area contributed by atoms with Crippen molar-refractivity contribution in [3.8, 4) is 0 Å². The second kappa shape index (κ2) is 7.13. The van der Waals surface area contributed by atoms with E-state index in [1.807, 2.05) is 0 Å². The van der Waals surface area contributed by atoms with Crippen LogP contribution in [0.15, 0.2) is 42.5 Å². The minimum Gasteiger partial charge on any atom is -0.457 e. The molecule has 0 aliphatic heterocycles. The number of esters is 1. The molecule has 2 rings (SSSR count). The molecule has 0 amide bonds. The molecule has 6 heteroatoms. The summed E-state index contributed by atoms with van der Waals surface area (Å²) >= 11 is 5.80. The van der Waals surface area contributed by atoms with Gasteiger partial charge in [-0.05, 0) is 36.4 Å². The highest BCUT2D eigenvalue weighted by molar-refractivity contribution is 6.31. The molecule has 3 nitrogen and oxygen atoms in total. The van der Waals surface area contributed by atoms with E-state index in [1.165, 1.54) is 30.3 Å². The Morgan fingerprint density at radius 1 is 1.05 bits per heavy atom. The SMILES string of the molecule is O=C(Cc1c(F)cccc1Cl)OCC(=O)c1ccc(F)cc1. The van der Waals surface area contributed by atoms with E-state index >= 15 is 0 Å². The molecule has 0 N–H and O–H groups in total. The van der Waals surface area contributed by atoms with Gasteiger partial charge in [0.1, 0.15) is 11.6 Å². The number of halogens is 3. The first-order valence-electron chi connectivity index (χ1n) is 6.34. The maximum absolute atomic E-state index is 13.5. The van der Waals surface area contributed by atoms with E-state index in [0.29, 0.717) is 0 Å². The molecule has 0 unspecified atom stereocenters. The smallest absolute Gasteiger partial charge is 0.310 e. The van der Waals surface area contributed by atoms with Gasteiger partial charge in [-0.1, -0.05) is 17.7 Å². The van der Waals surface area contributed by atoms with Crippen LogP contribution in [-0.2, 0) is 16.0 Å². The highest BCUT2D eigenvalue weighted by Crippen LogP contribution is 2.19. The summed E-state index contributed by atoms with van der Waals surface area (Å²) in [5.74, 6) is -2.34. The van der Waals surface area contributed by atoms with Crippen molar-refractivity contribution in [3.63, 3.8) is 0 Å². The molecule has 0 heterocycles. The van der Waals surface area contributed by atoms with Crippen molar-refractivity contribution in [2.24, 2.45) is 0 Å². The third-order valence-corrected chi connectivity index (χ3v) is 3.27. The first kappa shape index (κ1) is 16.1. The van der Waals surface area contributed by atoms with Crippen LogP contribution in [0.25, 0.3) is 0 Å². The van der Waals surface area contributed by atoms with Gasteiger partial charge in [-0.3, -0.25) is 9.59 Å². The monoisotopic (exact) mass is 324 g/mol. The van der Waals surface area contributed by atoms with Crippen molar-refractivity contribution in [1.82, 2.24) is 0 Å². The number of carbonyl (C=O) groups is 2. The van der Waals surface area contributed by atoms with Gasteiger partial charge in [0.15, 0.2) is 12.4 Å². The second-order valence-electron chi connectivity index (χ2n) is 4.47. The predicted octanol–water partition coefficient (Wildman–Crippen LogP) is 3.59. The molecule has 0 fully saturated rings. The summed E-state index contributed by atoms with van der Waals surface area (Å²) < 4.78 is 31.1. The number of rotatable bonds is 5. The van der Waals surface area contributed by atoms with E-state index in [2.05, 4.69) is 0 Å². The third kappa shape index (κ3) is 4.11. The average Bonchev–Trinajstić information content (AvgIpc) is 2.49. The van der Waals surface area contributed by atoms with Crippen molar-refractivity contribution in [2.75, 3.05) is 6.61 Å². The molecule has 0 saturated heterocycles. The van der Waals surface area contributed by atoms with E-state index in [1.54, 1.807) is 0 Å². The molecule has 0 spiro atoms. The largest absolute Gasteiger partial charge is 0.457 e. The fourth-order valence-electron chi connectivity index (χ4n) is 1.76. The Morgan fingerprint density at radius 3 is 2.36 bits per heavy atom. The van der Waals surface area contributed by atoms with Crippen LogP contribution in [0.5, 0.6) is 0 Å². The summed E-state index contributed by atoms with van der Waals surface area (Å²) in [6.45, 7) is -0.503. The Bertz CT molecular complexity index is 679. The van der Waals surface area contributed by atoms with Crippen LogP contribution in [0.3, 0.4) is 0 Å². The molecule has 2 aromatic rings. The highest BCUT2D eigenvalue weighted by Gasteiger charge is 2.15. The van der Waals surface area contributed by atoms with Gasteiger partial charge < -0.3 is 4.74 Å². The van der Waals surface area contributed by atoms with Gasteiger partial charge in [-0.25, -0.2) is 8.78 Å². The van der Waals surface area contributed by atoms with Gasteiger partial charge in [0.05, 0.1) is 6.42 Å².